The highest BCUT2D eigenvalue weighted by molar-refractivity contribution is 9.10. The van der Waals surface area contributed by atoms with Gasteiger partial charge < -0.3 is 4.90 Å². The summed E-state index contributed by atoms with van der Waals surface area (Å²) < 4.78 is 27.3. The van der Waals surface area contributed by atoms with Crippen LogP contribution in [0.15, 0.2) is 64.0 Å². The molecule has 1 saturated heterocycles. The molecule has 7 heteroatoms. The van der Waals surface area contributed by atoms with Crippen LogP contribution in [0.4, 0.5) is 0 Å². The number of nitrogens with zero attached hydrogens (tertiary/aromatic N) is 2. The molecule has 0 radical (unpaired) electrons. The molecular formula is C21H25BrN2O3S. The van der Waals surface area contributed by atoms with E-state index in [4.69, 9.17) is 0 Å². The molecule has 0 saturated carbocycles. The minimum Gasteiger partial charge on any atom is -0.342 e. The van der Waals surface area contributed by atoms with Gasteiger partial charge in [0.2, 0.25) is 15.9 Å². The standard InChI is InChI=1S/C21H25BrN2O3S/c1-23(28(26,27)20-9-7-19(22)8-10-20)16-21(25)24-13-11-18(12-14-24)15-17-5-3-2-4-6-17/h2-10,18H,11-16H2,1H3. The number of sulfonamides is 1. The first kappa shape index (κ1) is 21.0. The zero-order valence-electron chi connectivity index (χ0n) is 15.9. The van der Waals surface area contributed by atoms with Crippen LogP contribution in [-0.4, -0.2) is 50.2 Å². The van der Waals surface area contributed by atoms with Crippen molar-refractivity contribution < 1.29 is 13.2 Å². The molecule has 1 aliphatic rings. The Morgan fingerprint density at radius 1 is 1.07 bits per heavy atom. The fourth-order valence-electron chi connectivity index (χ4n) is 3.50. The zero-order chi connectivity index (χ0) is 20.1. The van der Waals surface area contributed by atoms with Gasteiger partial charge in [-0.3, -0.25) is 4.79 Å². The molecular weight excluding hydrogens is 440 g/mol. The quantitative estimate of drug-likeness (QED) is 0.656. The van der Waals surface area contributed by atoms with Gasteiger partial charge in [0.1, 0.15) is 0 Å². The van der Waals surface area contributed by atoms with Crippen LogP contribution in [0.1, 0.15) is 18.4 Å². The van der Waals surface area contributed by atoms with Crippen molar-refractivity contribution in [1.29, 1.82) is 0 Å². The van der Waals surface area contributed by atoms with Crippen LogP contribution in [0.3, 0.4) is 0 Å². The highest BCUT2D eigenvalue weighted by Crippen LogP contribution is 2.22. The molecule has 2 aromatic carbocycles. The first-order chi connectivity index (χ1) is 13.4. The van der Waals surface area contributed by atoms with E-state index in [0.29, 0.717) is 19.0 Å². The van der Waals surface area contributed by atoms with Crippen LogP contribution in [0.25, 0.3) is 0 Å². The number of hydrogen-bond acceptors (Lipinski definition) is 3. The maximum atomic E-state index is 12.7. The summed E-state index contributed by atoms with van der Waals surface area (Å²) in [5, 5.41) is 0. The summed E-state index contributed by atoms with van der Waals surface area (Å²) in [4.78, 5) is 14.6. The van der Waals surface area contributed by atoms with Gasteiger partial charge in [-0.05, 0) is 55.0 Å². The van der Waals surface area contributed by atoms with E-state index in [-0.39, 0.29) is 17.3 Å². The number of likely N-dealkylation sites (N-methyl/N-ethyl adjacent to an activating group) is 1. The Balaban J connectivity index is 1.53. The van der Waals surface area contributed by atoms with Gasteiger partial charge in [0.25, 0.3) is 0 Å². The summed E-state index contributed by atoms with van der Waals surface area (Å²) in [5.41, 5.74) is 1.33. The predicted octanol–water partition coefficient (Wildman–Crippen LogP) is 3.55. The van der Waals surface area contributed by atoms with Gasteiger partial charge >= 0.3 is 0 Å². The Labute approximate surface area is 175 Å². The number of likely N-dealkylation sites (tertiary alicyclic amines) is 1. The molecule has 1 fully saturated rings. The summed E-state index contributed by atoms with van der Waals surface area (Å²) in [7, 11) is -2.22. The number of carbonyl (C=O) groups excluding carboxylic acids is 1. The van der Waals surface area contributed by atoms with Crippen molar-refractivity contribution in [3.63, 3.8) is 0 Å². The summed E-state index contributed by atoms with van der Waals surface area (Å²) in [6.07, 6.45) is 2.92. The Morgan fingerprint density at radius 3 is 2.29 bits per heavy atom. The molecule has 0 N–H and O–H groups in total. The van der Waals surface area contributed by atoms with E-state index in [2.05, 4.69) is 40.2 Å². The molecule has 150 valence electrons. The molecule has 1 aliphatic heterocycles. The first-order valence-corrected chi connectivity index (χ1v) is 11.6. The van der Waals surface area contributed by atoms with Gasteiger partial charge in [-0.25, -0.2) is 8.42 Å². The van der Waals surface area contributed by atoms with Crippen LogP contribution >= 0.6 is 15.9 Å². The van der Waals surface area contributed by atoms with E-state index in [0.717, 1.165) is 28.0 Å². The van der Waals surface area contributed by atoms with Gasteiger partial charge in [0.15, 0.2) is 0 Å². The van der Waals surface area contributed by atoms with E-state index in [1.165, 1.54) is 24.7 Å². The molecule has 5 nitrogen and oxygen atoms in total. The molecule has 0 bridgehead atoms. The van der Waals surface area contributed by atoms with E-state index < -0.39 is 10.0 Å². The van der Waals surface area contributed by atoms with E-state index in [1.807, 2.05) is 6.07 Å². The minimum atomic E-state index is -3.68. The second-order valence-electron chi connectivity index (χ2n) is 7.23. The third kappa shape index (κ3) is 5.21. The fourth-order valence-corrected chi connectivity index (χ4v) is 4.88. The lowest BCUT2D eigenvalue weighted by Gasteiger charge is -2.33. The molecule has 0 unspecified atom stereocenters. The summed E-state index contributed by atoms with van der Waals surface area (Å²) >= 11 is 3.30. The van der Waals surface area contributed by atoms with E-state index >= 15 is 0 Å². The molecule has 0 atom stereocenters. The molecule has 3 rings (SSSR count). The van der Waals surface area contributed by atoms with Crippen molar-refractivity contribution >= 4 is 31.9 Å². The van der Waals surface area contributed by atoms with Gasteiger partial charge in [0, 0.05) is 24.6 Å². The fraction of sp³-hybridized carbons (Fsp3) is 0.381. The predicted molar refractivity (Wildman–Crippen MR) is 113 cm³/mol. The van der Waals surface area contributed by atoms with Crippen LogP contribution < -0.4 is 0 Å². The van der Waals surface area contributed by atoms with Crippen LogP contribution in [0, 0.1) is 5.92 Å². The third-order valence-electron chi connectivity index (χ3n) is 5.21. The van der Waals surface area contributed by atoms with Gasteiger partial charge in [-0.15, -0.1) is 0 Å². The van der Waals surface area contributed by atoms with Crippen molar-refractivity contribution in [2.45, 2.75) is 24.2 Å². The summed E-state index contributed by atoms with van der Waals surface area (Å²) in [5.74, 6) is 0.428. The van der Waals surface area contributed by atoms with Gasteiger partial charge in [-0.2, -0.15) is 4.31 Å². The SMILES string of the molecule is CN(CC(=O)N1CCC(Cc2ccccc2)CC1)S(=O)(=O)c1ccc(Br)cc1. The number of halogens is 1. The Morgan fingerprint density at radius 2 is 1.68 bits per heavy atom. The first-order valence-electron chi connectivity index (χ1n) is 9.40. The summed E-state index contributed by atoms with van der Waals surface area (Å²) in [6.45, 7) is 1.23. The van der Waals surface area contributed by atoms with E-state index in [1.54, 1.807) is 17.0 Å². The van der Waals surface area contributed by atoms with Crippen LogP contribution in [-0.2, 0) is 21.2 Å². The number of benzene rings is 2. The summed E-state index contributed by atoms with van der Waals surface area (Å²) in [6, 6.07) is 16.8. The normalized spacial score (nSPS) is 15.8. The van der Waals surface area contributed by atoms with Crippen molar-refractivity contribution in [2.24, 2.45) is 5.92 Å². The van der Waals surface area contributed by atoms with Crippen molar-refractivity contribution in [2.75, 3.05) is 26.7 Å². The van der Waals surface area contributed by atoms with Crippen molar-refractivity contribution in [3.05, 3.63) is 64.6 Å². The average Bonchev–Trinajstić information content (AvgIpc) is 2.69. The van der Waals surface area contributed by atoms with Crippen molar-refractivity contribution in [1.82, 2.24) is 9.21 Å². The molecule has 1 amide bonds. The maximum Gasteiger partial charge on any atom is 0.243 e. The van der Waals surface area contributed by atoms with Gasteiger partial charge in [-0.1, -0.05) is 46.3 Å². The van der Waals surface area contributed by atoms with Crippen molar-refractivity contribution in [3.8, 4) is 0 Å². The smallest absolute Gasteiger partial charge is 0.243 e. The van der Waals surface area contributed by atoms with E-state index in [9.17, 15) is 13.2 Å². The average molecular weight is 465 g/mol. The molecule has 2 aromatic rings. The highest BCUT2D eigenvalue weighted by Gasteiger charge is 2.27. The second kappa shape index (κ2) is 9.20. The molecule has 28 heavy (non-hydrogen) atoms. The monoisotopic (exact) mass is 464 g/mol. The minimum absolute atomic E-state index is 0.137. The van der Waals surface area contributed by atoms with Crippen LogP contribution in [0.5, 0.6) is 0 Å². The molecule has 0 spiro atoms. The zero-order valence-corrected chi connectivity index (χ0v) is 18.3. The third-order valence-corrected chi connectivity index (χ3v) is 7.56. The Bertz CT molecular complexity index is 893. The second-order valence-corrected chi connectivity index (χ2v) is 10.2. The molecule has 1 heterocycles. The lowest BCUT2D eigenvalue weighted by Crippen LogP contribution is -2.44. The Hall–Kier alpha value is -1.70. The van der Waals surface area contributed by atoms with Crippen LogP contribution in [0.2, 0.25) is 0 Å². The lowest BCUT2D eigenvalue weighted by atomic mass is 9.90. The van der Waals surface area contributed by atoms with Gasteiger partial charge in [0.05, 0.1) is 11.4 Å². The number of hydrogen-bond donors (Lipinski definition) is 0. The topological polar surface area (TPSA) is 57.7 Å². The largest absolute Gasteiger partial charge is 0.342 e. The highest BCUT2D eigenvalue weighted by atomic mass is 79.9. The number of amides is 1. The number of piperidine rings is 1. The number of carbonyl (C=O) groups is 1. The lowest BCUT2D eigenvalue weighted by molar-refractivity contribution is -0.132. The number of rotatable bonds is 6. The molecule has 0 aromatic heterocycles. The Kier molecular flexibility index (Phi) is 6.91. The maximum absolute atomic E-state index is 12.7. The molecule has 0 aliphatic carbocycles.